The van der Waals surface area contributed by atoms with E-state index in [1.165, 1.54) is 19.1 Å². The molecule has 136 valence electrons. The lowest BCUT2D eigenvalue weighted by Gasteiger charge is -2.33. The fraction of sp³-hybridized carbons (Fsp3) is 0.222. The van der Waals surface area contributed by atoms with Gasteiger partial charge in [-0.15, -0.1) is 13.2 Å². The molecule has 1 amide bonds. The highest BCUT2D eigenvalue weighted by atomic mass is 19.4. The Bertz CT molecular complexity index is 848. The molecule has 0 radical (unpaired) electrons. The molecule has 0 saturated carbocycles. The van der Waals surface area contributed by atoms with Crippen molar-refractivity contribution in [2.75, 3.05) is 5.32 Å². The van der Waals surface area contributed by atoms with E-state index in [1.807, 2.05) is 0 Å². The van der Waals surface area contributed by atoms with Crippen molar-refractivity contribution in [2.24, 2.45) is 0 Å². The molecule has 0 spiro atoms. The van der Waals surface area contributed by atoms with E-state index >= 15 is 0 Å². The van der Waals surface area contributed by atoms with Crippen molar-refractivity contribution in [3.8, 4) is 5.75 Å². The Morgan fingerprint density at radius 2 is 1.81 bits per heavy atom. The monoisotopic (exact) mass is 365 g/mol. The molecule has 0 aromatic heterocycles. The van der Waals surface area contributed by atoms with E-state index in [-0.39, 0.29) is 12.1 Å². The smallest absolute Gasteiger partial charge is 0.445 e. The number of carbonyl (C=O) groups is 2. The molecule has 1 aliphatic heterocycles. The van der Waals surface area contributed by atoms with Crippen LogP contribution in [0.15, 0.2) is 48.5 Å². The molecule has 0 bridgehead atoms. The van der Waals surface area contributed by atoms with Crippen molar-refractivity contribution in [1.29, 1.82) is 0 Å². The number of nitrogens with one attached hydrogen (secondary N) is 1. The number of rotatable bonds is 3. The second-order valence-electron chi connectivity index (χ2n) is 5.98. The highest BCUT2D eigenvalue weighted by Gasteiger charge is 2.42. The molecule has 1 atom stereocenters. The van der Waals surface area contributed by atoms with Crippen molar-refractivity contribution in [2.45, 2.75) is 25.3 Å². The number of anilines is 1. The number of cyclic esters (lactones) is 1. The number of hydrogen-bond donors (Lipinski definition) is 1. The summed E-state index contributed by atoms with van der Waals surface area (Å²) in [5, 5.41) is 2.54. The molecule has 0 aliphatic carbocycles. The van der Waals surface area contributed by atoms with Gasteiger partial charge in [-0.3, -0.25) is 4.79 Å². The van der Waals surface area contributed by atoms with E-state index in [4.69, 9.17) is 4.74 Å². The Balaban J connectivity index is 1.73. The van der Waals surface area contributed by atoms with E-state index in [0.717, 1.165) is 12.1 Å². The first-order valence-electron chi connectivity index (χ1n) is 7.65. The number of benzene rings is 2. The van der Waals surface area contributed by atoms with E-state index in [2.05, 4.69) is 10.1 Å². The number of hydrogen-bond acceptors (Lipinski definition) is 4. The third kappa shape index (κ3) is 3.79. The lowest BCUT2D eigenvalue weighted by molar-refractivity contribution is -0.274. The summed E-state index contributed by atoms with van der Waals surface area (Å²) in [5.74, 6) is -1.58. The Morgan fingerprint density at radius 3 is 2.46 bits per heavy atom. The van der Waals surface area contributed by atoms with Crippen LogP contribution in [-0.4, -0.2) is 23.8 Å². The maximum atomic E-state index is 12.6. The van der Waals surface area contributed by atoms with Crippen molar-refractivity contribution in [3.63, 3.8) is 0 Å². The summed E-state index contributed by atoms with van der Waals surface area (Å²) in [5.41, 5.74) is -0.0746. The number of ether oxygens (including phenoxy) is 2. The van der Waals surface area contributed by atoms with Gasteiger partial charge in [-0.25, -0.2) is 4.79 Å². The molecule has 2 aromatic carbocycles. The van der Waals surface area contributed by atoms with E-state index in [1.54, 1.807) is 24.3 Å². The number of halogens is 3. The van der Waals surface area contributed by atoms with Crippen molar-refractivity contribution in [3.05, 3.63) is 59.7 Å². The summed E-state index contributed by atoms with van der Waals surface area (Å²) in [4.78, 5) is 24.7. The Morgan fingerprint density at radius 1 is 1.15 bits per heavy atom. The minimum atomic E-state index is -4.79. The lowest BCUT2D eigenvalue weighted by atomic mass is 9.89. The van der Waals surface area contributed by atoms with Crippen LogP contribution in [0.5, 0.6) is 5.75 Å². The van der Waals surface area contributed by atoms with Crippen LogP contribution in [0.3, 0.4) is 0 Å². The summed E-state index contributed by atoms with van der Waals surface area (Å²) < 4.78 is 45.6. The minimum Gasteiger partial charge on any atom is -0.445 e. The van der Waals surface area contributed by atoms with Gasteiger partial charge >= 0.3 is 12.3 Å². The Labute approximate surface area is 146 Å². The van der Waals surface area contributed by atoms with Crippen molar-refractivity contribution >= 4 is 17.6 Å². The Kier molecular flexibility index (Phi) is 4.35. The average Bonchev–Trinajstić information content (AvgIpc) is 2.55. The minimum absolute atomic E-state index is 0.190. The molecule has 0 fully saturated rings. The van der Waals surface area contributed by atoms with Gasteiger partial charge in [0.2, 0.25) is 0 Å². The van der Waals surface area contributed by atoms with E-state index < -0.39 is 29.6 Å². The molecule has 1 heterocycles. The van der Waals surface area contributed by atoms with Crippen LogP contribution in [0.1, 0.15) is 22.8 Å². The molecule has 0 unspecified atom stereocenters. The fourth-order valence-electron chi connectivity index (χ4n) is 2.66. The van der Waals surface area contributed by atoms with Gasteiger partial charge in [0.1, 0.15) is 5.75 Å². The second-order valence-corrected chi connectivity index (χ2v) is 5.98. The second kappa shape index (κ2) is 6.36. The molecule has 26 heavy (non-hydrogen) atoms. The highest BCUT2D eigenvalue weighted by Crippen LogP contribution is 2.30. The molecule has 2 aromatic rings. The van der Waals surface area contributed by atoms with Gasteiger partial charge in [0.25, 0.3) is 5.91 Å². The summed E-state index contributed by atoms with van der Waals surface area (Å²) >= 11 is 0. The molecular formula is C18H14F3NO4. The van der Waals surface area contributed by atoms with Crippen molar-refractivity contribution in [1.82, 2.24) is 0 Å². The first kappa shape index (κ1) is 17.8. The van der Waals surface area contributed by atoms with Crippen LogP contribution in [0.25, 0.3) is 0 Å². The average molecular weight is 365 g/mol. The van der Waals surface area contributed by atoms with Crippen LogP contribution in [-0.2, 0) is 16.0 Å². The molecule has 8 heteroatoms. The first-order valence-corrected chi connectivity index (χ1v) is 7.65. The molecular weight excluding hydrogens is 351 g/mol. The Hall–Kier alpha value is -3.03. The molecule has 0 saturated heterocycles. The molecule has 3 rings (SSSR count). The topological polar surface area (TPSA) is 64.6 Å². The van der Waals surface area contributed by atoms with Gasteiger partial charge < -0.3 is 14.8 Å². The van der Waals surface area contributed by atoms with Gasteiger partial charge in [-0.05, 0) is 42.8 Å². The zero-order valence-electron chi connectivity index (χ0n) is 13.6. The van der Waals surface area contributed by atoms with Crippen LogP contribution in [0.2, 0.25) is 0 Å². The standard InChI is InChI=1S/C18H14F3NO4/c1-17(10-11-4-2-3-5-14(11)15(23)26-17)16(24)22-12-6-8-13(9-7-12)25-18(19,20)21/h2-9H,10H2,1H3,(H,22,24)/t17-/m1/s1. The van der Waals surface area contributed by atoms with E-state index in [9.17, 15) is 22.8 Å². The van der Waals surface area contributed by atoms with E-state index in [0.29, 0.717) is 11.1 Å². The largest absolute Gasteiger partial charge is 0.573 e. The SMILES string of the molecule is C[C@]1(C(=O)Nc2ccc(OC(F)(F)F)cc2)Cc2ccccc2C(=O)O1. The normalized spacial score (nSPS) is 19.3. The third-order valence-corrected chi connectivity index (χ3v) is 3.91. The predicted octanol–water partition coefficient (Wildman–Crippen LogP) is 3.70. The highest BCUT2D eigenvalue weighted by molar-refractivity contribution is 6.02. The number of amides is 1. The van der Waals surface area contributed by atoms with Gasteiger partial charge in [0.15, 0.2) is 5.60 Å². The van der Waals surface area contributed by atoms with Crippen LogP contribution >= 0.6 is 0 Å². The summed E-state index contributed by atoms with van der Waals surface area (Å²) in [7, 11) is 0. The number of alkyl halides is 3. The number of fused-ring (bicyclic) bond motifs is 1. The number of esters is 1. The maximum Gasteiger partial charge on any atom is 0.573 e. The van der Waals surface area contributed by atoms with Gasteiger partial charge in [0.05, 0.1) is 5.56 Å². The lowest BCUT2D eigenvalue weighted by Crippen LogP contribution is -2.48. The van der Waals surface area contributed by atoms with Crippen LogP contribution in [0, 0.1) is 0 Å². The van der Waals surface area contributed by atoms with Crippen LogP contribution < -0.4 is 10.1 Å². The van der Waals surface area contributed by atoms with Crippen molar-refractivity contribution < 1.29 is 32.2 Å². The first-order chi connectivity index (χ1) is 12.2. The quantitative estimate of drug-likeness (QED) is 0.843. The summed E-state index contributed by atoms with van der Waals surface area (Å²) in [6, 6.07) is 11.5. The van der Waals surface area contributed by atoms with Gasteiger partial charge in [-0.2, -0.15) is 0 Å². The molecule has 1 N–H and O–H groups in total. The summed E-state index contributed by atoms with van der Waals surface area (Å²) in [6.45, 7) is 1.48. The molecule has 5 nitrogen and oxygen atoms in total. The molecule has 1 aliphatic rings. The van der Waals surface area contributed by atoms with Gasteiger partial charge in [-0.1, -0.05) is 18.2 Å². The maximum absolute atomic E-state index is 12.6. The summed E-state index contributed by atoms with van der Waals surface area (Å²) in [6.07, 6.45) is -4.60. The third-order valence-electron chi connectivity index (χ3n) is 3.91. The zero-order valence-corrected chi connectivity index (χ0v) is 13.6. The fourth-order valence-corrected chi connectivity index (χ4v) is 2.66. The predicted molar refractivity (Wildman–Crippen MR) is 85.7 cm³/mol. The van der Waals surface area contributed by atoms with Gasteiger partial charge in [0, 0.05) is 12.1 Å². The number of carbonyl (C=O) groups excluding carboxylic acids is 2. The van der Waals surface area contributed by atoms with Crippen LogP contribution in [0.4, 0.5) is 18.9 Å². The zero-order chi connectivity index (χ0) is 18.9.